The summed E-state index contributed by atoms with van der Waals surface area (Å²) in [4.78, 5) is 48.4. The van der Waals surface area contributed by atoms with Crippen LogP contribution in [0.15, 0.2) is 0 Å². The van der Waals surface area contributed by atoms with Gasteiger partial charge in [-0.25, -0.2) is 0 Å². The van der Waals surface area contributed by atoms with Crippen molar-refractivity contribution in [1.82, 2.24) is 18.6 Å². The fraction of sp³-hybridized carbons (Fsp3) is 0.500. The normalized spacial score (nSPS) is 7.25. The average Bonchev–Trinajstić information content (AvgIpc) is 2.86. The first-order valence-corrected chi connectivity index (χ1v) is 13.1. The molecular weight excluding hydrogens is 766 g/mol. The lowest BCUT2D eigenvalue weighted by Crippen LogP contribution is -3.00. The molecule has 0 fully saturated rings. The summed E-state index contributed by atoms with van der Waals surface area (Å²) in [6.45, 7) is 0. The van der Waals surface area contributed by atoms with E-state index in [0.717, 1.165) is 79.7 Å². The molecule has 0 unspecified atom stereocenters. The van der Waals surface area contributed by atoms with Gasteiger partial charge >= 0.3 is 0 Å². The Morgan fingerprint density at radius 1 is 0.375 bits per heavy atom. The summed E-state index contributed by atoms with van der Waals surface area (Å²) < 4.78 is 27.9. The van der Waals surface area contributed by atoms with Crippen molar-refractivity contribution < 1.29 is 68.4 Å². The Balaban J connectivity index is -0.0000000341. The first-order valence-electron chi connectivity index (χ1n) is 7.37. The van der Waals surface area contributed by atoms with Crippen molar-refractivity contribution >= 4 is 157 Å². The third-order valence-electron chi connectivity index (χ3n) is 1.25. The Morgan fingerprint density at radius 3 is 0.500 bits per heavy atom. The Hall–Kier alpha value is 0.300. The second-order valence-electron chi connectivity index (χ2n) is 3.36. The van der Waals surface area contributed by atoms with Crippen molar-refractivity contribution in [2.24, 2.45) is 0 Å². The van der Waals surface area contributed by atoms with Gasteiger partial charge in [-0.3, -0.25) is 44.9 Å². The van der Waals surface area contributed by atoms with Gasteiger partial charge in [-0.15, -0.1) is 0 Å². The zero-order valence-electron chi connectivity index (χ0n) is 20.6. The Kier molecular flexibility index (Phi) is 106. The molecule has 0 saturated heterocycles. The Labute approximate surface area is 278 Å². The topological polar surface area (TPSA) is 148 Å². The van der Waals surface area contributed by atoms with Crippen LogP contribution in [0.1, 0.15) is 0 Å². The lowest BCUT2D eigenvalue weighted by atomic mass is 11.5. The predicted molar refractivity (Wildman–Crippen MR) is 163 cm³/mol. The first kappa shape index (κ1) is 67.8. The van der Waals surface area contributed by atoms with Gasteiger partial charge in [0.1, 0.15) is 0 Å². The molecule has 5 amide bonds. The van der Waals surface area contributed by atoms with Gasteiger partial charge in [-0.1, -0.05) is 18.6 Å². The van der Waals surface area contributed by atoms with Gasteiger partial charge in [-0.05, 0) is 0 Å². The van der Waals surface area contributed by atoms with Crippen molar-refractivity contribution in [3.63, 3.8) is 0 Å². The summed E-state index contributed by atoms with van der Waals surface area (Å²) in [5, 5.41) is 0. The van der Waals surface area contributed by atoms with Crippen molar-refractivity contribution in [2.45, 2.75) is 0 Å². The van der Waals surface area contributed by atoms with Crippen LogP contribution in [-0.2, 0) is 109 Å². The van der Waals surface area contributed by atoms with Crippen LogP contribution in [0.3, 0.4) is 0 Å². The summed E-state index contributed by atoms with van der Waals surface area (Å²) in [5.41, 5.74) is 0. The van der Waals surface area contributed by atoms with E-state index in [1.54, 1.807) is 0 Å². The number of halogens is 5. The Bertz CT molecular complexity index is 413. The number of hydrogen-bond acceptors (Lipinski definition) is 15. The molecule has 0 aromatic heterocycles. The minimum atomic E-state index is 0. The van der Waals surface area contributed by atoms with E-state index in [1.165, 1.54) is 35.5 Å². The zero-order chi connectivity index (χ0) is 28.5. The van der Waals surface area contributed by atoms with E-state index in [0.29, 0.717) is 32.1 Å². The zero-order valence-corrected chi connectivity index (χ0v) is 29.7. The number of hydrogen-bond donors (Lipinski definition) is 0. The predicted octanol–water partition coefficient (Wildman–Crippen LogP) is -17.1. The molecule has 0 aliphatic heterocycles. The van der Waals surface area contributed by atoms with Crippen molar-refractivity contribution in [1.29, 1.82) is 0 Å². The molecule has 0 saturated carbocycles. The van der Waals surface area contributed by atoms with Crippen molar-refractivity contribution in [3.05, 3.63) is 0 Å². The molecule has 0 N–H and O–H groups in total. The minimum Gasteiger partial charge on any atom is -1.00 e. The summed E-state index contributed by atoms with van der Waals surface area (Å²) in [5.74, 6) is 0. The highest BCUT2D eigenvalue weighted by Crippen LogP contribution is 2.03. The molecule has 0 aromatic rings. The van der Waals surface area contributed by atoms with E-state index in [4.69, 9.17) is 0 Å². The van der Waals surface area contributed by atoms with Gasteiger partial charge in [0.25, 0.3) is 32.1 Å². The van der Waals surface area contributed by atoms with Gasteiger partial charge in [0.15, 0.2) is 61.1 Å². The molecule has 0 spiro atoms. The molecule has 0 radical (unpaired) electrons. The van der Waals surface area contributed by atoms with Crippen LogP contribution in [0, 0.1) is 0 Å². The average molecular weight is 796 g/mol. The molecule has 40 heavy (non-hydrogen) atoms. The van der Waals surface area contributed by atoms with Crippen molar-refractivity contribution in [2.75, 3.05) is 35.5 Å². The van der Waals surface area contributed by atoms with Crippen molar-refractivity contribution in [3.8, 4) is 0 Å². The first-order chi connectivity index (χ1) is 16.5. The molecule has 30 heteroatoms. The summed E-state index contributed by atoms with van der Waals surface area (Å²) in [7, 11) is 7.37. The maximum atomic E-state index is 9.67. The van der Waals surface area contributed by atoms with Gasteiger partial charge < -0.3 is 23.5 Å². The SMILES string of the molecule is COSN([SH2+])C=O.COSN([SH2+])C=O.COSN([SH2+])C=O.COSN([SH2+])C=O.COSN([SH2+])C=O.[F-].[F-].[F-].[F-].[F-]. The Morgan fingerprint density at radius 2 is 0.475 bits per heavy atom. The maximum Gasteiger partial charge on any atom is 0.266 e. The van der Waals surface area contributed by atoms with Crippen LogP contribution in [0.4, 0.5) is 0 Å². The monoisotopic (exact) mass is 795 g/mol. The molecule has 0 atom stereocenters. The molecule has 0 heterocycles. The second-order valence-corrected chi connectivity index (χ2v) is 11.8. The lowest BCUT2D eigenvalue weighted by molar-refractivity contribution is -0.111. The number of nitrogens with zero attached hydrogens (tertiary/aromatic N) is 5. The number of carbonyl (C=O) groups excluding carboxylic acids is 5. The molecule has 0 aromatic carbocycles. The third kappa shape index (κ3) is 83.2. The minimum absolute atomic E-state index is 0. The molecular formula is C10H30F5N5O10S10. The molecule has 0 aliphatic carbocycles. The highest BCUT2D eigenvalue weighted by Gasteiger charge is 1.98. The molecule has 15 nitrogen and oxygen atoms in total. The molecule has 0 rings (SSSR count). The largest absolute Gasteiger partial charge is 1.00 e. The van der Waals surface area contributed by atoms with Crippen LogP contribution in [0.25, 0.3) is 0 Å². The molecule has 250 valence electrons. The van der Waals surface area contributed by atoms with E-state index in [2.05, 4.69) is 85.0 Å². The van der Waals surface area contributed by atoms with Gasteiger partial charge in [-0.2, -0.15) is 0 Å². The number of carbonyl (C=O) groups is 5. The van der Waals surface area contributed by atoms with Crippen LogP contribution in [0.5, 0.6) is 0 Å². The van der Waals surface area contributed by atoms with Gasteiger partial charge in [0.2, 0.25) is 0 Å². The number of rotatable bonds is 15. The van der Waals surface area contributed by atoms with E-state index in [9.17, 15) is 24.0 Å². The van der Waals surface area contributed by atoms with E-state index < -0.39 is 0 Å². The van der Waals surface area contributed by atoms with E-state index >= 15 is 0 Å². The second kappa shape index (κ2) is 62.8. The van der Waals surface area contributed by atoms with Crippen LogP contribution >= 0.6 is 61.1 Å². The molecule has 0 aliphatic rings. The fourth-order valence-corrected chi connectivity index (χ4v) is 2.59. The summed E-state index contributed by atoms with van der Waals surface area (Å²) in [6, 6.07) is 0. The highest BCUT2D eigenvalue weighted by atomic mass is 32.2. The summed E-state index contributed by atoms with van der Waals surface area (Å²) >= 11 is 19.0. The molecule has 0 bridgehead atoms. The highest BCUT2D eigenvalue weighted by molar-refractivity contribution is 7.99. The third-order valence-corrected chi connectivity index (χ3v) is 4.88. The van der Waals surface area contributed by atoms with Crippen LogP contribution in [0.2, 0.25) is 0 Å². The number of amides is 5. The smallest absolute Gasteiger partial charge is 0.266 e. The van der Waals surface area contributed by atoms with Crippen LogP contribution < -0.4 is 23.5 Å². The van der Waals surface area contributed by atoms with Gasteiger partial charge in [0, 0.05) is 0 Å². The van der Waals surface area contributed by atoms with E-state index in [-0.39, 0.29) is 23.5 Å². The van der Waals surface area contributed by atoms with Crippen LogP contribution in [-0.4, -0.2) is 86.2 Å². The lowest BCUT2D eigenvalue weighted by Gasteiger charge is -1.93. The fourth-order valence-electron chi connectivity index (χ4n) is 0.489. The maximum absolute atomic E-state index is 9.67. The quantitative estimate of drug-likeness (QED) is 0.0508. The van der Waals surface area contributed by atoms with E-state index in [1.807, 2.05) is 0 Å². The van der Waals surface area contributed by atoms with Gasteiger partial charge in [0.05, 0.1) is 99.6 Å². The standard InChI is InChI=1S/5C2H5NO2S2.5FH/c5*1-5-7-3(6)2-4;;;;;/h5*2,6H,1H3;5*1H. The summed E-state index contributed by atoms with van der Waals surface area (Å²) in [6.07, 6.45) is 2.94.